The Morgan fingerprint density at radius 3 is 2.17 bits per heavy atom. The Balaban J connectivity index is 1.67. The summed E-state index contributed by atoms with van der Waals surface area (Å²) in [7, 11) is 1.54. The van der Waals surface area contributed by atoms with Gasteiger partial charge in [0.1, 0.15) is 17.4 Å². The molecule has 0 aromatic heterocycles. The highest BCUT2D eigenvalue weighted by molar-refractivity contribution is 5.66. The number of unbranched alkanes of at least 4 members (excludes halogenated alkanes) is 2. The highest BCUT2D eigenvalue weighted by Gasteiger charge is 2.24. The second-order valence-corrected chi connectivity index (χ2v) is 8.15. The van der Waals surface area contributed by atoms with Crippen LogP contribution in [0.25, 0.3) is 11.1 Å². The summed E-state index contributed by atoms with van der Waals surface area (Å²) in [4.78, 5) is 0. The van der Waals surface area contributed by atoms with Crippen molar-refractivity contribution in [2.45, 2.75) is 64.2 Å². The summed E-state index contributed by atoms with van der Waals surface area (Å²) in [5.41, 5.74) is 1.34. The molecule has 0 saturated heterocycles. The third kappa shape index (κ3) is 5.79. The Hall–Kier alpha value is -1.94. The molecule has 4 heteroatoms. The quantitative estimate of drug-likeness (QED) is 0.320. The van der Waals surface area contributed by atoms with E-state index >= 15 is 0 Å². The zero-order valence-electron chi connectivity index (χ0n) is 17.6. The van der Waals surface area contributed by atoms with Crippen LogP contribution < -0.4 is 4.74 Å². The summed E-state index contributed by atoms with van der Waals surface area (Å²) in [6.07, 6.45) is 9.55. The molecule has 0 atom stereocenters. The molecule has 0 spiro atoms. The molecule has 158 valence electrons. The molecule has 0 unspecified atom stereocenters. The van der Waals surface area contributed by atoms with E-state index in [9.17, 15) is 8.78 Å². The van der Waals surface area contributed by atoms with Crippen LogP contribution in [0, 0.1) is 17.6 Å². The van der Waals surface area contributed by atoms with Crippen LogP contribution in [-0.2, 0) is 4.74 Å². The van der Waals surface area contributed by atoms with E-state index in [0.717, 1.165) is 24.3 Å². The molecule has 0 radical (unpaired) electrons. The molecule has 1 aliphatic rings. The molecule has 2 aromatic carbocycles. The topological polar surface area (TPSA) is 18.5 Å². The number of rotatable bonds is 9. The maximum absolute atomic E-state index is 14.8. The van der Waals surface area contributed by atoms with Crippen LogP contribution in [0.1, 0.15) is 69.8 Å². The van der Waals surface area contributed by atoms with Gasteiger partial charge < -0.3 is 9.47 Å². The van der Waals surface area contributed by atoms with Crippen molar-refractivity contribution >= 4 is 0 Å². The molecule has 1 fully saturated rings. The van der Waals surface area contributed by atoms with E-state index in [4.69, 9.17) is 9.47 Å². The average molecular weight is 403 g/mol. The zero-order chi connectivity index (χ0) is 20.6. The molecule has 3 rings (SSSR count). The summed E-state index contributed by atoms with van der Waals surface area (Å²) in [5, 5.41) is 0. The highest BCUT2D eigenvalue weighted by atomic mass is 19.1. The van der Waals surface area contributed by atoms with Crippen molar-refractivity contribution < 1.29 is 18.3 Å². The van der Waals surface area contributed by atoms with E-state index in [0.29, 0.717) is 11.3 Å². The summed E-state index contributed by atoms with van der Waals surface area (Å²) < 4.78 is 39.9. The third-order valence-electron chi connectivity index (χ3n) is 6.08. The Bertz CT molecular complexity index is 742. The van der Waals surface area contributed by atoms with Crippen LogP contribution in [0.15, 0.2) is 36.4 Å². The van der Waals surface area contributed by atoms with Crippen molar-refractivity contribution in [2.75, 3.05) is 13.9 Å². The van der Waals surface area contributed by atoms with Gasteiger partial charge in [0.15, 0.2) is 6.79 Å². The maximum Gasteiger partial charge on any atom is 0.188 e. The van der Waals surface area contributed by atoms with Gasteiger partial charge in [-0.3, -0.25) is 0 Å². The number of hydrogen-bond acceptors (Lipinski definition) is 2. The fourth-order valence-corrected chi connectivity index (χ4v) is 4.42. The largest absolute Gasteiger partial charge is 0.468 e. The molecule has 2 aromatic rings. The van der Waals surface area contributed by atoms with E-state index in [1.807, 2.05) is 0 Å². The summed E-state index contributed by atoms with van der Waals surface area (Å²) in [5.74, 6) is 0.667. The summed E-state index contributed by atoms with van der Waals surface area (Å²) in [6, 6.07) is 9.81. The second-order valence-electron chi connectivity index (χ2n) is 8.15. The first-order valence-electron chi connectivity index (χ1n) is 10.8. The van der Waals surface area contributed by atoms with Crippen LogP contribution in [0.2, 0.25) is 0 Å². The van der Waals surface area contributed by atoms with Crippen LogP contribution in [0.3, 0.4) is 0 Å². The average Bonchev–Trinajstić information content (AvgIpc) is 2.73. The molecule has 0 amide bonds. The number of ether oxygens (including phenoxy) is 2. The monoisotopic (exact) mass is 402 g/mol. The SMILES string of the molecule is CCCCCC1CCC(c2cc(F)c(-c3ccc(OCOC)cc3)c(F)c2)CC1. The Kier molecular flexibility index (Phi) is 8.05. The minimum absolute atomic E-state index is 0.0280. The Morgan fingerprint density at radius 2 is 1.59 bits per heavy atom. The van der Waals surface area contributed by atoms with Crippen molar-refractivity contribution in [3.05, 3.63) is 53.6 Å². The van der Waals surface area contributed by atoms with Crippen molar-refractivity contribution in [1.29, 1.82) is 0 Å². The van der Waals surface area contributed by atoms with E-state index in [2.05, 4.69) is 6.92 Å². The Labute approximate surface area is 173 Å². The zero-order valence-corrected chi connectivity index (χ0v) is 17.6. The van der Waals surface area contributed by atoms with Crippen molar-refractivity contribution in [1.82, 2.24) is 0 Å². The van der Waals surface area contributed by atoms with Gasteiger partial charge in [0.2, 0.25) is 0 Å². The number of halogens is 2. The minimum atomic E-state index is -0.490. The molecule has 0 bridgehead atoms. The van der Waals surface area contributed by atoms with Gasteiger partial charge in [-0.2, -0.15) is 0 Å². The number of benzene rings is 2. The van der Waals surface area contributed by atoms with Crippen molar-refractivity contribution in [2.24, 2.45) is 5.92 Å². The summed E-state index contributed by atoms with van der Waals surface area (Å²) in [6.45, 7) is 2.37. The van der Waals surface area contributed by atoms with E-state index in [-0.39, 0.29) is 18.3 Å². The van der Waals surface area contributed by atoms with Gasteiger partial charge in [0, 0.05) is 7.11 Å². The number of hydrogen-bond donors (Lipinski definition) is 0. The van der Waals surface area contributed by atoms with E-state index in [1.54, 1.807) is 31.4 Å². The predicted molar refractivity (Wildman–Crippen MR) is 113 cm³/mol. The van der Waals surface area contributed by atoms with Crippen LogP contribution in [0.4, 0.5) is 8.78 Å². The highest BCUT2D eigenvalue weighted by Crippen LogP contribution is 2.39. The first-order chi connectivity index (χ1) is 14.1. The lowest BCUT2D eigenvalue weighted by atomic mass is 9.77. The minimum Gasteiger partial charge on any atom is -0.468 e. The Morgan fingerprint density at radius 1 is 0.931 bits per heavy atom. The molecule has 2 nitrogen and oxygen atoms in total. The summed E-state index contributed by atoms with van der Waals surface area (Å²) >= 11 is 0. The third-order valence-corrected chi connectivity index (χ3v) is 6.08. The molecule has 29 heavy (non-hydrogen) atoms. The van der Waals surface area contributed by atoms with Gasteiger partial charge in [-0.15, -0.1) is 0 Å². The van der Waals surface area contributed by atoms with Gasteiger partial charge >= 0.3 is 0 Å². The van der Waals surface area contributed by atoms with E-state index in [1.165, 1.54) is 50.7 Å². The molecule has 1 aliphatic carbocycles. The standard InChI is InChI=1S/C25H32F2O2/c1-3-4-5-6-18-7-9-19(10-8-18)21-15-23(26)25(24(27)16-21)20-11-13-22(14-12-20)29-17-28-2/h11-16,18-19H,3-10,17H2,1-2H3. The lowest BCUT2D eigenvalue weighted by Gasteiger charge is -2.29. The van der Waals surface area contributed by atoms with E-state index < -0.39 is 11.6 Å². The van der Waals surface area contributed by atoms with Gasteiger partial charge in [-0.1, -0.05) is 44.7 Å². The first-order valence-corrected chi connectivity index (χ1v) is 10.8. The maximum atomic E-state index is 14.8. The molecule has 0 aliphatic heterocycles. The van der Waals surface area contributed by atoms with Crippen LogP contribution >= 0.6 is 0 Å². The predicted octanol–water partition coefficient (Wildman–Crippen LogP) is 7.47. The lowest BCUT2D eigenvalue weighted by molar-refractivity contribution is 0.0511. The molecule has 0 N–H and O–H groups in total. The fraction of sp³-hybridized carbons (Fsp3) is 0.520. The van der Waals surface area contributed by atoms with Crippen molar-refractivity contribution in [3.8, 4) is 16.9 Å². The molecule has 0 heterocycles. The van der Waals surface area contributed by atoms with Gasteiger partial charge in [-0.05, 0) is 72.9 Å². The smallest absolute Gasteiger partial charge is 0.188 e. The molecular formula is C25H32F2O2. The van der Waals surface area contributed by atoms with Crippen LogP contribution in [-0.4, -0.2) is 13.9 Å². The first kappa shape index (κ1) is 21.8. The van der Waals surface area contributed by atoms with Gasteiger partial charge in [0.25, 0.3) is 0 Å². The molecule has 1 saturated carbocycles. The lowest BCUT2D eigenvalue weighted by Crippen LogP contribution is -2.14. The fourth-order valence-electron chi connectivity index (χ4n) is 4.42. The number of methoxy groups -OCH3 is 1. The normalized spacial score (nSPS) is 19.3. The van der Waals surface area contributed by atoms with Gasteiger partial charge in [0.05, 0.1) is 5.56 Å². The van der Waals surface area contributed by atoms with Crippen LogP contribution in [0.5, 0.6) is 5.75 Å². The second kappa shape index (κ2) is 10.7. The van der Waals surface area contributed by atoms with Gasteiger partial charge in [-0.25, -0.2) is 8.78 Å². The van der Waals surface area contributed by atoms with Crippen molar-refractivity contribution in [3.63, 3.8) is 0 Å². The molecular weight excluding hydrogens is 370 g/mol.